The maximum Gasteiger partial charge on any atom is 0.254 e. The fraction of sp³-hybridized carbons (Fsp3) is 0.583. The van der Waals surface area contributed by atoms with E-state index in [-0.39, 0.29) is 24.9 Å². The molecule has 21 heavy (non-hydrogen) atoms. The van der Waals surface area contributed by atoms with Crippen molar-refractivity contribution in [2.24, 2.45) is 5.73 Å². The Morgan fingerprint density at radius 1 is 1.48 bits per heavy atom. The number of hydrogen-bond donors (Lipinski definition) is 2. The quantitative estimate of drug-likeness (QED) is 0.673. The number of hydrogen-bond acceptors (Lipinski definition) is 5. The number of amides is 1. The third-order valence-corrected chi connectivity index (χ3v) is 4.19. The number of furan rings is 1. The van der Waals surface area contributed by atoms with Gasteiger partial charge in [-0.2, -0.15) is 0 Å². The summed E-state index contributed by atoms with van der Waals surface area (Å²) in [7, 11) is -3.18. The third-order valence-electron chi connectivity index (χ3n) is 2.81. The van der Waals surface area contributed by atoms with Crippen LogP contribution in [0.3, 0.4) is 0 Å². The lowest BCUT2D eigenvalue weighted by Crippen LogP contribution is -2.33. The average Bonchev–Trinajstić information content (AvgIpc) is 2.85. The van der Waals surface area contributed by atoms with Crippen LogP contribution in [0.15, 0.2) is 16.7 Å². The molecule has 0 fully saturated rings. The van der Waals surface area contributed by atoms with Crippen molar-refractivity contribution in [1.82, 2.24) is 9.62 Å². The summed E-state index contributed by atoms with van der Waals surface area (Å²) in [6.45, 7) is 3.23. The molecule has 1 aromatic rings. The molecule has 0 aliphatic heterocycles. The molecular weight excluding hydrogens is 318 g/mol. The van der Waals surface area contributed by atoms with Crippen LogP contribution < -0.4 is 11.1 Å². The zero-order valence-corrected chi connectivity index (χ0v) is 13.8. The molecule has 0 aliphatic rings. The Labute approximate surface area is 131 Å². The molecule has 1 aromatic heterocycles. The second-order valence-corrected chi connectivity index (χ2v) is 6.35. The Morgan fingerprint density at radius 3 is 2.62 bits per heavy atom. The lowest BCUT2D eigenvalue weighted by Gasteiger charge is -2.17. The highest BCUT2D eigenvalue weighted by atomic mass is 35.5. The number of nitrogens with zero attached hydrogens (tertiary/aromatic N) is 1. The Balaban J connectivity index is 0.00000400. The lowest BCUT2D eigenvalue weighted by molar-refractivity contribution is 0.0952. The maximum atomic E-state index is 11.7. The van der Waals surface area contributed by atoms with Crippen LogP contribution in [0.5, 0.6) is 0 Å². The van der Waals surface area contributed by atoms with E-state index in [0.717, 1.165) is 0 Å². The van der Waals surface area contributed by atoms with Gasteiger partial charge in [0.1, 0.15) is 12.0 Å². The Hall–Kier alpha value is -1.09. The van der Waals surface area contributed by atoms with E-state index in [1.54, 1.807) is 13.0 Å². The topological polar surface area (TPSA) is 106 Å². The van der Waals surface area contributed by atoms with Gasteiger partial charge < -0.3 is 15.5 Å². The summed E-state index contributed by atoms with van der Waals surface area (Å²) in [6, 6.07) is 1.59. The van der Waals surface area contributed by atoms with Gasteiger partial charge in [-0.25, -0.2) is 12.7 Å². The maximum absolute atomic E-state index is 11.7. The highest BCUT2D eigenvalue weighted by Crippen LogP contribution is 2.06. The van der Waals surface area contributed by atoms with Crippen molar-refractivity contribution in [3.8, 4) is 0 Å². The molecule has 1 amide bonds. The largest absolute Gasteiger partial charge is 0.467 e. The van der Waals surface area contributed by atoms with Gasteiger partial charge in [-0.1, -0.05) is 6.92 Å². The van der Waals surface area contributed by atoms with Crippen LogP contribution in [0.2, 0.25) is 0 Å². The summed E-state index contributed by atoms with van der Waals surface area (Å²) < 4.78 is 29.2. The van der Waals surface area contributed by atoms with Crippen molar-refractivity contribution in [3.05, 3.63) is 23.7 Å². The van der Waals surface area contributed by atoms with Crippen molar-refractivity contribution in [3.63, 3.8) is 0 Å². The molecule has 0 bridgehead atoms. The second-order valence-electron chi connectivity index (χ2n) is 4.37. The minimum absolute atomic E-state index is 0. The molecule has 0 atom stereocenters. The fourth-order valence-electron chi connectivity index (χ4n) is 1.72. The van der Waals surface area contributed by atoms with Crippen molar-refractivity contribution < 1.29 is 17.6 Å². The predicted molar refractivity (Wildman–Crippen MR) is 82.9 cm³/mol. The first-order chi connectivity index (χ1) is 9.38. The predicted octanol–water partition coefficient (Wildman–Crippen LogP) is 0.562. The van der Waals surface area contributed by atoms with Crippen LogP contribution in [-0.2, 0) is 16.6 Å². The number of rotatable bonds is 8. The minimum atomic E-state index is -3.18. The summed E-state index contributed by atoms with van der Waals surface area (Å²) in [5.74, 6) is 0.292. The van der Waals surface area contributed by atoms with Gasteiger partial charge in [-0.3, -0.25) is 4.79 Å². The van der Waals surface area contributed by atoms with Gasteiger partial charge >= 0.3 is 0 Å². The number of nitrogens with two attached hydrogens (primary N) is 1. The number of carbonyl (C=O) groups excluding carboxylic acids is 1. The number of carbonyl (C=O) groups is 1. The minimum Gasteiger partial charge on any atom is -0.467 e. The molecule has 0 saturated heterocycles. The van der Waals surface area contributed by atoms with Crippen LogP contribution in [0, 0.1) is 0 Å². The van der Waals surface area contributed by atoms with Gasteiger partial charge in [0.2, 0.25) is 10.0 Å². The summed E-state index contributed by atoms with van der Waals surface area (Å²) in [5.41, 5.74) is 5.80. The van der Waals surface area contributed by atoms with E-state index in [2.05, 4.69) is 5.32 Å². The molecule has 1 rings (SSSR count). The highest BCUT2D eigenvalue weighted by molar-refractivity contribution is 7.88. The first kappa shape index (κ1) is 19.9. The van der Waals surface area contributed by atoms with Gasteiger partial charge in [0.05, 0.1) is 18.4 Å². The molecule has 7 nitrogen and oxygen atoms in total. The fourth-order valence-corrected chi connectivity index (χ4v) is 2.65. The van der Waals surface area contributed by atoms with Crippen molar-refractivity contribution >= 4 is 28.3 Å². The van der Waals surface area contributed by atoms with Crippen LogP contribution >= 0.6 is 12.4 Å². The zero-order chi connectivity index (χ0) is 15.2. The van der Waals surface area contributed by atoms with Gasteiger partial charge in [0, 0.05) is 19.6 Å². The van der Waals surface area contributed by atoms with Crippen molar-refractivity contribution in [1.29, 1.82) is 0 Å². The highest BCUT2D eigenvalue weighted by Gasteiger charge is 2.14. The van der Waals surface area contributed by atoms with E-state index >= 15 is 0 Å². The van der Waals surface area contributed by atoms with Crippen LogP contribution in [0.25, 0.3) is 0 Å². The zero-order valence-electron chi connectivity index (χ0n) is 12.2. The second kappa shape index (κ2) is 9.04. The van der Waals surface area contributed by atoms with E-state index in [9.17, 15) is 13.2 Å². The molecule has 0 aromatic carbocycles. The molecule has 1 heterocycles. The van der Waals surface area contributed by atoms with Crippen molar-refractivity contribution in [2.45, 2.75) is 19.9 Å². The van der Waals surface area contributed by atoms with E-state index in [1.165, 1.54) is 16.8 Å². The van der Waals surface area contributed by atoms with Gasteiger partial charge in [0.25, 0.3) is 5.91 Å². The van der Waals surface area contributed by atoms with E-state index < -0.39 is 10.0 Å². The summed E-state index contributed by atoms with van der Waals surface area (Å²) >= 11 is 0. The van der Waals surface area contributed by atoms with Gasteiger partial charge in [0.15, 0.2) is 0 Å². The number of nitrogens with one attached hydrogen (secondary N) is 1. The van der Waals surface area contributed by atoms with Crippen LogP contribution in [-0.4, -0.2) is 44.5 Å². The molecule has 3 N–H and O–H groups in total. The normalized spacial score (nSPS) is 11.2. The third kappa shape index (κ3) is 6.47. The number of halogens is 1. The molecule has 0 radical (unpaired) electrons. The molecule has 0 aliphatic carbocycles. The SMILES string of the molecule is CCN(CCCNC(=O)c1coc(CN)c1)S(C)(=O)=O.Cl. The molecule has 9 heteroatoms. The Bertz CT molecular complexity index is 544. The Kier molecular flexibility index (Phi) is 8.57. The van der Waals surface area contributed by atoms with Gasteiger partial charge in [-0.15, -0.1) is 12.4 Å². The van der Waals surface area contributed by atoms with Crippen molar-refractivity contribution in [2.75, 3.05) is 25.9 Å². The molecule has 122 valence electrons. The van der Waals surface area contributed by atoms with Gasteiger partial charge in [-0.05, 0) is 12.5 Å². The molecular formula is C12H22ClN3O4S. The molecule has 0 saturated carbocycles. The summed E-state index contributed by atoms with van der Waals surface area (Å²) in [5, 5.41) is 2.71. The molecule has 0 unspecified atom stereocenters. The standard InChI is InChI=1S/C12H21N3O4S.ClH/c1-3-15(20(2,17)18)6-4-5-14-12(16)10-7-11(8-13)19-9-10;/h7,9H,3-6,8,13H2,1-2H3,(H,14,16);1H. The number of sulfonamides is 1. The van der Waals surface area contributed by atoms with Crippen LogP contribution in [0.4, 0.5) is 0 Å². The average molecular weight is 340 g/mol. The lowest BCUT2D eigenvalue weighted by atomic mass is 10.3. The summed E-state index contributed by atoms with van der Waals surface area (Å²) in [6.07, 6.45) is 3.08. The van der Waals surface area contributed by atoms with E-state index in [1.807, 2.05) is 0 Å². The van der Waals surface area contributed by atoms with E-state index in [4.69, 9.17) is 10.2 Å². The monoisotopic (exact) mass is 339 g/mol. The smallest absolute Gasteiger partial charge is 0.254 e. The van der Waals surface area contributed by atoms with E-state index in [0.29, 0.717) is 37.4 Å². The molecule has 0 spiro atoms. The van der Waals surface area contributed by atoms with Crippen LogP contribution in [0.1, 0.15) is 29.5 Å². The Morgan fingerprint density at radius 2 is 2.14 bits per heavy atom. The first-order valence-corrected chi connectivity index (χ1v) is 8.24. The summed E-state index contributed by atoms with van der Waals surface area (Å²) in [4.78, 5) is 11.7. The first-order valence-electron chi connectivity index (χ1n) is 6.39.